The van der Waals surface area contributed by atoms with Crippen LogP contribution < -0.4 is 29.1 Å². The molecule has 4 rings (SSSR count). The lowest BCUT2D eigenvalue weighted by Crippen LogP contribution is -2.24. The third-order valence-corrected chi connectivity index (χ3v) is 5.09. The Kier molecular flexibility index (Phi) is 7.15. The molecule has 0 fully saturated rings. The fourth-order valence-electron chi connectivity index (χ4n) is 3.35. The van der Waals surface area contributed by atoms with E-state index >= 15 is 0 Å². The van der Waals surface area contributed by atoms with Crippen LogP contribution in [0.2, 0.25) is 0 Å². The SMILES string of the molecule is COc1cc(C=NNC(=O)COc2ccc(C)cc2C)ccc1OC(=O)c1ccc2c(c1)OCO2. The molecule has 180 valence electrons. The first-order valence-electron chi connectivity index (χ1n) is 10.7. The van der Waals surface area contributed by atoms with Gasteiger partial charge in [0.25, 0.3) is 5.91 Å². The van der Waals surface area contributed by atoms with E-state index in [9.17, 15) is 9.59 Å². The number of hydrogen-bond acceptors (Lipinski definition) is 8. The van der Waals surface area contributed by atoms with Gasteiger partial charge in [0, 0.05) is 0 Å². The third kappa shape index (κ3) is 5.89. The number of fused-ring (bicyclic) bond motifs is 1. The van der Waals surface area contributed by atoms with Crippen molar-refractivity contribution >= 4 is 18.1 Å². The van der Waals surface area contributed by atoms with Crippen LogP contribution in [0.5, 0.6) is 28.7 Å². The van der Waals surface area contributed by atoms with Crippen LogP contribution in [0.4, 0.5) is 0 Å². The molecule has 1 aliphatic rings. The van der Waals surface area contributed by atoms with Crippen molar-refractivity contribution in [3.63, 3.8) is 0 Å². The Labute approximate surface area is 202 Å². The average molecular weight is 476 g/mol. The predicted octanol–water partition coefficient (Wildman–Crippen LogP) is 3.79. The first-order chi connectivity index (χ1) is 16.9. The lowest BCUT2D eigenvalue weighted by Gasteiger charge is -2.10. The highest BCUT2D eigenvalue weighted by atomic mass is 16.7. The van der Waals surface area contributed by atoms with Crippen LogP contribution in [0.25, 0.3) is 0 Å². The summed E-state index contributed by atoms with van der Waals surface area (Å²) in [6.07, 6.45) is 1.45. The molecule has 0 saturated heterocycles. The summed E-state index contributed by atoms with van der Waals surface area (Å²) in [5, 5.41) is 3.94. The van der Waals surface area contributed by atoms with Gasteiger partial charge in [0.2, 0.25) is 6.79 Å². The van der Waals surface area contributed by atoms with Gasteiger partial charge in [0.1, 0.15) is 5.75 Å². The highest BCUT2D eigenvalue weighted by molar-refractivity contribution is 5.92. The number of benzene rings is 3. The Morgan fingerprint density at radius 1 is 0.971 bits per heavy atom. The summed E-state index contributed by atoms with van der Waals surface area (Å²) in [6, 6.07) is 15.4. The number of ether oxygens (including phenoxy) is 5. The summed E-state index contributed by atoms with van der Waals surface area (Å²) in [7, 11) is 1.46. The second-order valence-electron chi connectivity index (χ2n) is 7.72. The van der Waals surface area contributed by atoms with Crippen molar-refractivity contribution in [3.8, 4) is 28.7 Å². The van der Waals surface area contributed by atoms with E-state index in [0.29, 0.717) is 34.1 Å². The maximum atomic E-state index is 12.6. The molecule has 35 heavy (non-hydrogen) atoms. The molecule has 9 nitrogen and oxygen atoms in total. The molecule has 3 aromatic carbocycles. The van der Waals surface area contributed by atoms with Crippen molar-refractivity contribution in [2.75, 3.05) is 20.5 Å². The topological polar surface area (TPSA) is 105 Å². The molecular formula is C26H24N2O7. The van der Waals surface area contributed by atoms with Crippen LogP contribution in [-0.2, 0) is 4.79 Å². The number of rotatable bonds is 8. The largest absolute Gasteiger partial charge is 0.493 e. The molecule has 0 saturated carbocycles. The molecule has 3 aromatic rings. The zero-order valence-electron chi connectivity index (χ0n) is 19.5. The van der Waals surface area contributed by atoms with Gasteiger partial charge in [-0.15, -0.1) is 0 Å². The fourth-order valence-corrected chi connectivity index (χ4v) is 3.35. The van der Waals surface area contributed by atoms with Crippen molar-refractivity contribution in [2.45, 2.75) is 13.8 Å². The molecule has 0 spiro atoms. The maximum absolute atomic E-state index is 12.6. The number of amides is 1. The highest BCUT2D eigenvalue weighted by Gasteiger charge is 2.18. The highest BCUT2D eigenvalue weighted by Crippen LogP contribution is 2.33. The standard InChI is InChI=1S/C26H24N2O7/c1-16-4-7-20(17(2)10-16)32-14-25(29)28-27-13-18-5-8-22(23(11-18)31-3)35-26(30)19-6-9-21-24(12-19)34-15-33-21/h4-13H,14-15H2,1-3H3,(H,28,29). The second kappa shape index (κ2) is 10.6. The van der Waals surface area contributed by atoms with Crippen molar-refractivity contribution in [2.24, 2.45) is 5.10 Å². The van der Waals surface area contributed by atoms with Gasteiger partial charge in [-0.05, 0) is 67.4 Å². The Hall–Kier alpha value is -4.53. The maximum Gasteiger partial charge on any atom is 0.343 e. The monoisotopic (exact) mass is 476 g/mol. The quantitative estimate of drug-likeness (QED) is 0.228. The smallest absolute Gasteiger partial charge is 0.343 e. The zero-order valence-corrected chi connectivity index (χ0v) is 19.5. The van der Waals surface area contributed by atoms with Gasteiger partial charge in [-0.2, -0.15) is 5.10 Å². The lowest BCUT2D eigenvalue weighted by molar-refractivity contribution is -0.123. The van der Waals surface area contributed by atoms with Crippen LogP contribution in [-0.4, -0.2) is 38.6 Å². The van der Waals surface area contributed by atoms with Gasteiger partial charge < -0.3 is 23.7 Å². The van der Waals surface area contributed by atoms with Crippen molar-refractivity contribution in [3.05, 3.63) is 76.9 Å². The molecule has 0 atom stereocenters. The number of hydrogen-bond donors (Lipinski definition) is 1. The zero-order chi connectivity index (χ0) is 24.8. The van der Waals surface area contributed by atoms with E-state index in [1.54, 1.807) is 36.4 Å². The minimum absolute atomic E-state index is 0.116. The second-order valence-corrected chi connectivity index (χ2v) is 7.72. The molecule has 0 radical (unpaired) electrons. The van der Waals surface area contributed by atoms with Crippen LogP contribution in [0, 0.1) is 13.8 Å². The molecule has 0 bridgehead atoms. The fraction of sp³-hybridized carbons (Fsp3) is 0.192. The van der Waals surface area contributed by atoms with E-state index in [2.05, 4.69) is 10.5 Å². The molecule has 1 aliphatic heterocycles. The molecule has 9 heteroatoms. The van der Waals surface area contributed by atoms with Crippen molar-refractivity contribution < 1.29 is 33.3 Å². The van der Waals surface area contributed by atoms with E-state index in [-0.39, 0.29) is 19.1 Å². The third-order valence-electron chi connectivity index (χ3n) is 5.09. The van der Waals surface area contributed by atoms with Crippen LogP contribution >= 0.6 is 0 Å². The Bertz CT molecular complexity index is 1290. The van der Waals surface area contributed by atoms with Crippen molar-refractivity contribution in [1.29, 1.82) is 0 Å². The predicted molar refractivity (Wildman–Crippen MR) is 128 cm³/mol. The van der Waals surface area contributed by atoms with E-state index in [1.807, 2.05) is 32.0 Å². The Morgan fingerprint density at radius 3 is 2.57 bits per heavy atom. The molecule has 0 aliphatic carbocycles. The summed E-state index contributed by atoms with van der Waals surface area (Å²) < 4.78 is 26.9. The van der Waals surface area contributed by atoms with E-state index in [1.165, 1.54) is 13.3 Å². The Morgan fingerprint density at radius 2 is 1.77 bits per heavy atom. The molecule has 0 unspecified atom stereocenters. The first kappa shape index (κ1) is 23.6. The molecule has 1 amide bonds. The van der Waals surface area contributed by atoms with Crippen molar-refractivity contribution in [1.82, 2.24) is 5.43 Å². The number of esters is 1. The number of aryl methyl sites for hydroxylation is 2. The summed E-state index contributed by atoms with van der Waals surface area (Å²) in [5.41, 5.74) is 5.42. The minimum atomic E-state index is -0.570. The summed E-state index contributed by atoms with van der Waals surface area (Å²) in [4.78, 5) is 24.6. The molecule has 0 aromatic heterocycles. The van der Waals surface area contributed by atoms with Gasteiger partial charge in [-0.1, -0.05) is 17.7 Å². The van der Waals surface area contributed by atoms with Gasteiger partial charge in [-0.25, -0.2) is 10.2 Å². The number of methoxy groups -OCH3 is 1. The number of nitrogens with zero attached hydrogens (tertiary/aromatic N) is 1. The van der Waals surface area contributed by atoms with Gasteiger partial charge in [-0.3, -0.25) is 4.79 Å². The molecule has 1 heterocycles. The van der Waals surface area contributed by atoms with Crippen LogP contribution in [0.1, 0.15) is 27.0 Å². The lowest BCUT2D eigenvalue weighted by atomic mass is 10.1. The molecular weight excluding hydrogens is 452 g/mol. The summed E-state index contributed by atoms with van der Waals surface area (Å²) in [5.74, 6) is 1.30. The Balaban J connectivity index is 1.33. The summed E-state index contributed by atoms with van der Waals surface area (Å²) in [6.45, 7) is 3.86. The van der Waals surface area contributed by atoms with Crippen LogP contribution in [0.3, 0.4) is 0 Å². The molecule has 1 N–H and O–H groups in total. The van der Waals surface area contributed by atoms with Gasteiger partial charge in [0.05, 0.1) is 18.9 Å². The normalized spacial score (nSPS) is 11.9. The average Bonchev–Trinajstić information content (AvgIpc) is 3.32. The minimum Gasteiger partial charge on any atom is -0.493 e. The van der Waals surface area contributed by atoms with E-state index in [4.69, 9.17) is 23.7 Å². The van der Waals surface area contributed by atoms with E-state index < -0.39 is 11.9 Å². The number of carbonyl (C=O) groups is 2. The summed E-state index contributed by atoms with van der Waals surface area (Å²) >= 11 is 0. The van der Waals surface area contributed by atoms with Gasteiger partial charge in [0.15, 0.2) is 29.6 Å². The first-order valence-corrected chi connectivity index (χ1v) is 10.7. The number of hydrazone groups is 1. The number of carbonyl (C=O) groups excluding carboxylic acids is 2. The van der Waals surface area contributed by atoms with Gasteiger partial charge >= 0.3 is 5.97 Å². The van der Waals surface area contributed by atoms with Crippen LogP contribution in [0.15, 0.2) is 59.7 Å². The van der Waals surface area contributed by atoms with E-state index in [0.717, 1.165) is 11.1 Å². The number of nitrogens with one attached hydrogen (secondary N) is 1.